The van der Waals surface area contributed by atoms with Crippen molar-refractivity contribution in [3.8, 4) is 0 Å². The number of aromatic nitrogens is 1. The van der Waals surface area contributed by atoms with Crippen molar-refractivity contribution in [1.29, 1.82) is 0 Å². The van der Waals surface area contributed by atoms with E-state index in [2.05, 4.69) is 41.4 Å². The molecule has 112 valence electrons. The van der Waals surface area contributed by atoms with Crippen molar-refractivity contribution in [2.45, 2.75) is 19.8 Å². The highest BCUT2D eigenvalue weighted by atomic mass is 16.5. The lowest BCUT2D eigenvalue weighted by Crippen LogP contribution is -2.36. The highest BCUT2D eigenvalue weighted by Gasteiger charge is 2.13. The number of nitrogens with one attached hydrogen (secondary N) is 1. The van der Waals surface area contributed by atoms with Gasteiger partial charge in [-0.3, -0.25) is 4.98 Å². The summed E-state index contributed by atoms with van der Waals surface area (Å²) in [6.07, 6.45) is 2.14. The van der Waals surface area contributed by atoms with Gasteiger partial charge in [0.1, 0.15) is 0 Å². The topological polar surface area (TPSA) is 37.4 Å². The van der Waals surface area contributed by atoms with E-state index >= 15 is 0 Å². The maximum Gasteiger partial charge on any atom is 0.0727 e. The molecule has 0 aliphatic carbocycles. The Morgan fingerprint density at radius 2 is 2.05 bits per heavy atom. The summed E-state index contributed by atoms with van der Waals surface area (Å²) in [5.74, 6) is 0. The number of morpholine rings is 1. The highest BCUT2D eigenvalue weighted by molar-refractivity contribution is 5.93. The number of rotatable bonds is 4. The average molecular weight is 285 g/mol. The molecule has 21 heavy (non-hydrogen) atoms. The van der Waals surface area contributed by atoms with Gasteiger partial charge in [0.25, 0.3) is 0 Å². The van der Waals surface area contributed by atoms with E-state index in [9.17, 15) is 0 Å². The number of hydrogen-bond donors (Lipinski definition) is 1. The quantitative estimate of drug-likeness (QED) is 0.937. The van der Waals surface area contributed by atoms with E-state index in [1.54, 1.807) is 0 Å². The molecule has 4 nitrogen and oxygen atoms in total. The Labute approximate surface area is 126 Å². The molecule has 2 aromatic rings. The Morgan fingerprint density at radius 1 is 1.24 bits per heavy atom. The van der Waals surface area contributed by atoms with Crippen molar-refractivity contribution in [2.75, 3.05) is 43.6 Å². The molecule has 1 aliphatic rings. The van der Waals surface area contributed by atoms with Crippen LogP contribution in [0, 0.1) is 0 Å². The smallest absolute Gasteiger partial charge is 0.0727 e. The van der Waals surface area contributed by atoms with Crippen LogP contribution in [0.5, 0.6) is 0 Å². The van der Waals surface area contributed by atoms with Gasteiger partial charge in [-0.05, 0) is 30.7 Å². The van der Waals surface area contributed by atoms with Crippen LogP contribution in [0.25, 0.3) is 10.9 Å². The van der Waals surface area contributed by atoms with Gasteiger partial charge in [0.05, 0.1) is 18.7 Å². The van der Waals surface area contributed by atoms with E-state index in [1.165, 1.54) is 16.8 Å². The Kier molecular flexibility index (Phi) is 4.25. The third-order valence-electron chi connectivity index (χ3n) is 4.00. The fraction of sp³-hybridized carbons (Fsp3) is 0.471. The lowest BCUT2D eigenvalue weighted by molar-refractivity contribution is 0.122. The van der Waals surface area contributed by atoms with E-state index in [4.69, 9.17) is 9.72 Å². The molecule has 1 aliphatic heterocycles. The Hall–Kier alpha value is -1.81. The fourth-order valence-electron chi connectivity index (χ4n) is 2.88. The van der Waals surface area contributed by atoms with Crippen molar-refractivity contribution in [3.63, 3.8) is 0 Å². The zero-order chi connectivity index (χ0) is 14.7. The molecule has 1 aromatic carbocycles. The second kappa shape index (κ2) is 6.31. The van der Waals surface area contributed by atoms with Crippen LogP contribution in [0.2, 0.25) is 0 Å². The second-order valence-electron chi connectivity index (χ2n) is 5.46. The largest absolute Gasteiger partial charge is 0.388 e. The first-order valence-electron chi connectivity index (χ1n) is 7.76. The molecule has 0 spiro atoms. The summed E-state index contributed by atoms with van der Waals surface area (Å²) >= 11 is 0. The molecule has 4 heteroatoms. The molecule has 1 saturated heterocycles. The SMILES string of the molecule is CCCc1cc(NC)c2cc(N3CCOCC3)ccc2n1. The number of hydrogen-bond acceptors (Lipinski definition) is 4. The van der Waals surface area contributed by atoms with Crippen molar-refractivity contribution in [1.82, 2.24) is 4.98 Å². The highest BCUT2D eigenvalue weighted by Crippen LogP contribution is 2.28. The molecule has 2 heterocycles. The zero-order valence-electron chi connectivity index (χ0n) is 12.9. The summed E-state index contributed by atoms with van der Waals surface area (Å²) in [5.41, 5.74) is 4.65. The minimum absolute atomic E-state index is 0.810. The maximum absolute atomic E-state index is 5.43. The van der Waals surface area contributed by atoms with E-state index in [-0.39, 0.29) is 0 Å². The molecule has 0 unspecified atom stereocenters. The molecule has 1 aromatic heterocycles. The minimum Gasteiger partial charge on any atom is -0.388 e. The number of pyridine rings is 1. The predicted molar refractivity (Wildman–Crippen MR) is 88.3 cm³/mol. The van der Waals surface area contributed by atoms with Gasteiger partial charge in [-0.15, -0.1) is 0 Å². The summed E-state index contributed by atoms with van der Waals surface area (Å²) in [7, 11) is 1.98. The van der Waals surface area contributed by atoms with E-state index < -0.39 is 0 Å². The summed E-state index contributed by atoms with van der Waals surface area (Å²) in [6, 6.07) is 8.74. The standard InChI is InChI=1S/C17H23N3O/c1-3-4-13-11-17(18-2)15-12-14(5-6-16(15)19-13)20-7-9-21-10-8-20/h5-6,11-12H,3-4,7-10H2,1-2H3,(H,18,19). The average Bonchev–Trinajstić information content (AvgIpc) is 2.55. The second-order valence-corrected chi connectivity index (χ2v) is 5.46. The van der Waals surface area contributed by atoms with E-state index in [1.807, 2.05) is 7.05 Å². The molecular formula is C17H23N3O. The Bertz CT molecular complexity index is 621. The van der Waals surface area contributed by atoms with Gasteiger partial charge >= 0.3 is 0 Å². The molecule has 0 radical (unpaired) electrons. The number of aryl methyl sites for hydroxylation is 1. The van der Waals surface area contributed by atoms with Crippen molar-refractivity contribution >= 4 is 22.3 Å². The van der Waals surface area contributed by atoms with Crippen LogP contribution in [0.4, 0.5) is 11.4 Å². The first-order valence-corrected chi connectivity index (χ1v) is 7.76. The molecule has 1 N–H and O–H groups in total. The van der Waals surface area contributed by atoms with Gasteiger partial charge in [-0.25, -0.2) is 0 Å². The lowest BCUT2D eigenvalue weighted by Gasteiger charge is -2.29. The van der Waals surface area contributed by atoms with Crippen molar-refractivity contribution < 1.29 is 4.74 Å². The van der Waals surface area contributed by atoms with Crippen LogP contribution >= 0.6 is 0 Å². The minimum atomic E-state index is 0.810. The van der Waals surface area contributed by atoms with Crippen molar-refractivity contribution in [3.05, 3.63) is 30.0 Å². The van der Waals surface area contributed by atoms with Crippen molar-refractivity contribution in [2.24, 2.45) is 0 Å². The monoisotopic (exact) mass is 285 g/mol. The molecule has 3 rings (SSSR count). The van der Waals surface area contributed by atoms with Gasteiger partial charge in [0, 0.05) is 42.6 Å². The number of ether oxygens (including phenoxy) is 1. The van der Waals surface area contributed by atoms with Crippen LogP contribution in [0.15, 0.2) is 24.3 Å². The molecule has 0 bridgehead atoms. The van der Waals surface area contributed by atoms with Crippen LogP contribution in [-0.4, -0.2) is 38.3 Å². The molecule has 1 fully saturated rings. The van der Waals surface area contributed by atoms with Gasteiger partial charge in [0.2, 0.25) is 0 Å². The summed E-state index contributed by atoms with van der Waals surface area (Å²) in [6.45, 7) is 5.73. The molecule has 0 atom stereocenters. The summed E-state index contributed by atoms with van der Waals surface area (Å²) in [4.78, 5) is 7.15. The maximum atomic E-state index is 5.43. The van der Waals surface area contributed by atoms with E-state index in [0.29, 0.717) is 0 Å². The zero-order valence-corrected chi connectivity index (χ0v) is 12.9. The number of nitrogens with zero attached hydrogens (tertiary/aromatic N) is 2. The third kappa shape index (κ3) is 2.95. The third-order valence-corrected chi connectivity index (χ3v) is 4.00. The van der Waals surface area contributed by atoms with Gasteiger partial charge in [0.15, 0.2) is 0 Å². The lowest BCUT2D eigenvalue weighted by atomic mass is 10.1. The fourth-order valence-corrected chi connectivity index (χ4v) is 2.88. The number of fused-ring (bicyclic) bond motifs is 1. The van der Waals surface area contributed by atoms with Gasteiger partial charge < -0.3 is 15.0 Å². The van der Waals surface area contributed by atoms with Crippen LogP contribution in [-0.2, 0) is 11.2 Å². The predicted octanol–water partition coefficient (Wildman–Crippen LogP) is 3.07. The molecule has 0 amide bonds. The number of anilines is 2. The first kappa shape index (κ1) is 14.1. The molecule has 0 saturated carbocycles. The Morgan fingerprint density at radius 3 is 2.76 bits per heavy atom. The van der Waals surface area contributed by atoms with Gasteiger partial charge in [-0.1, -0.05) is 13.3 Å². The summed E-state index contributed by atoms with van der Waals surface area (Å²) in [5, 5.41) is 4.51. The molecular weight excluding hydrogens is 262 g/mol. The van der Waals surface area contributed by atoms with Crippen LogP contribution < -0.4 is 10.2 Å². The van der Waals surface area contributed by atoms with Crippen LogP contribution in [0.3, 0.4) is 0 Å². The van der Waals surface area contributed by atoms with Crippen LogP contribution in [0.1, 0.15) is 19.0 Å². The van der Waals surface area contributed by atoms with Gasteiger partial charge in [-0.2, -0.15) is 0 Å². The van der Waals surface area contributed by atoms with E-state index in [0.717, 1.165) is 50.4 Å². The first-order chi connectivity index (χ1) is 10.3. The Balaban J connectivity index is 2.01. The normalized spacial score (nSPS) is 15.4. The number of benzene rings is 1. The summed E-state index contributed by atoms with van der Waals surface area (Å²) < 4.78 is 5.43.